The Morgan fingerprint density at radius 2 is 1.76 bits per heavy atom. The van der Waals surface area contributed by atoms with Crippen LogP contribution < -0.4 is 0 Å². The molecule has 1 saturated heterocycles. The number of rotatable bonds is 4. The molecule has 1 aromatic rings. The van der Waals surface area contributed by atoms with Crippen LogP contribution in [0.25, 0.3) is 0 Å². The number of hydrogen-bond donors (Lipinski definition) is 0. The van der Waals surface area contributed by atoms with E-state index >= 15 is 0 Å². The van der Waals surface area contributed by atoms with Crippen molar-refractivity contribution in [3.63, 3.8) is 0 Å². The molecule has 3 rings (SSSR count). The summed E-state index contributed by atoms with van der Waals surface area (Å²) in [5, 5.41) is 0. The summed E-state index contributed by atoms with van der Waals surface area (Å²) in [7, 11) is 1.90. The van der Waals surface area contributed by atoms with E-state index in [-0.39, 0.29) is 0 Å². The molecule has 116 valence electrons. The summed E-state index contributed by atoms with van der Waals surface area (Å²) in [5.74, 6) is 0. The fourth-order valence-electron chi connectivity index (χ4n) is 4.29. The van der Waals surface area contributed by atoms with Gasteiger partial charge in [0.2, 0.25) is 0 Å². The van der Waals surface area contributed by atoms with E-state index in [4.69, 9.17) is 4.74 Å². The van der Waals surface area contributed by atoms with E-state index in [1.54, 1.807) is 0 Å². The molecule has 2 aliphatic rings. The molecular weight excluding hydrogens is 258 g/mol. The van der Waals surface area contributed by atoms with Gasteiger partial charge in [-0.1, -0.05) is 49.6 Å². The molecule has 0 bridgehead atoms. The van der Waals surface area contributed by atoms with Crippen LogP contribution in [-0.2, 0) is 11.2 Å². The average Bonchev–Trinajstić information content (AvgIpc) is 2.57. The highest BCUT2D eigenvalue weighted by Gasteiger charge is 2.35. The fourth-order valence-corrected chi connectivity index (χ4v) is 4.29. The van der Waals surface area contributed by atoms with Gasteiger partial charge in [-0.15, -0.1) is 0 Å². The predicted molar refractivity (Wildman–Crippen MR) is 87.5 cm³/mol. The van der Waals surface area contributed by atoms with Crippen molar-refractivity contribution in [1.29, 1.82) is 0 Å². The van der Waals surface area contributed by atoms with Gasteiger partial charge in [0.15, 0.2) is 0 Å². The van der Waals surface area contributed by atoms with Crippen molar-refractivity contribution in [1.82, 2.24) is 4.90 Å². The molecule has 0 unspecified atom stereocenters. The third-order valence-electron chi connectivity index (χ3n) is 5.39. The van der Waals surface area contributed by atoms with Crippen molar-refractivity contribution in [2.45, 2.75) is 69.6 Å². The zero-order chi connectivity index (χ0) is 14.5. The van der Waals surface area contributed by atoms with E-state index in [0.717, 1.165) is 12.5 Å². The van der Waals surface area contributed by atoms with Crippen LogP contribution in [0.4, 0.5) is 0 Å². The van der Waals surface area contributed by atoms with Crippen LogP contribution in [0.5, 0.6) is 0 Å². The van der Waals surface area contributed by atoms with Gasteiger partial charge >= 0.3 is 0 Å². The third-order valence-corrected chi connectivity index (χ3v) is 5.39. The molecule has 0 radical (unpaired) electrons. The van der Waals surface area contributed by atoms with Crippen LogP contribution in [0, 0.1) is 0 Å². The van der Waals surface area contributed by atoms with E-state index in [1.807, 2.05) is 7.11 Å². The maximum atomic E-state index is 5.86. The summed E-state index contributed by atoms with van der Waals surface area (Å²) in [6.07, 6.45) is 11.1. The van der Waals surface area contributed by atoms with Gasteiger partial charge in [0.25, 0.3) is 0 Å². The number of benzene rings is 1. The minimum absolute atomic E-state index is 0.404. The second kappa shape index (κ2) is 7.42. The van der Waals surface area contributed by atoms with Crippen LogP contribution in [0.2, 0.25) is 0 Å². The minimum Gasteiger partial charge on any atom is -0.380 e. The Bertz CT molecular complexity index is 413. The van der Waals surface area contributed by atoms with Crippen molar-refractivity contribution in [3.05, 3.63) is 35.9 Å². The van der Waals surface area contributed by atoms with Gasteiger partial charge in [0.05, 0.1) is 6.10 Å². The smallest absolute Gasteiger partial charge is 0.0730 e. The average molecular weight is 287 g/mol. The first-order valence-corrected chi connectivity index (χ1v) is 8.71. The lowest BCUT2D eigenvalue weighted by Crippen LogP contribution is -2.54. The van der Waals surface area contributed by atoms with Gasteiger partial charge < -0.3 is 4.74 Å². The molecule has 0 spiro atoms. The number of piperidine rings is 1. The summed E-state index contributed by atoms with van der Waals surface area (Å²) in [6, 6.07) is 12.3. The number of methoxy groups -OCH3 is 1. The maximum Gasteiger partial charge on any atom is 0.0730 e. The zero-order valence-corrected chi connectivity index (χ0v) is 13.3. The molecule has 2 fully saturated rings. The number of hydrogen-bond acceptors (Lipinski definition) is 2. The molecule has 0 aromatic heterocycles. The quantitative estimate of drug-likeness (QED) is 0.828. The van der Waals surface area contributed by atoms with Crippen molar-refractivity contribution >= 4 is 0 Å². The van der Waals surface area contributed by atoms with E-state index in [2.05, 4.69) is 35.2 Å². The molecule has 21 heavy (non-hydrogen) atoms. The lowest BCUT2D eigenvalue weighted by atomic mass is 9.87. The first-order chi connectivity index (χ1) is 10.4. The Kier molecular flexibility index (Phi) is 5.32. The fraction of sp³-hybridized carbons (Fsp3) is 0.684. The summed E-state index contributed by atoms with van der Waals surface area (Å²) in [4.78, 5) is 2.80. The van der Waals surface area contributed by atoms with Crippen molar-refractivity contribution in [2.24, 2.45) is 0 Å². The van der Waals surface area contributed by atoms with Gasteiger partial charge in [-0.25, -0.2) is 0 Å². The lowest BCUT2D eigenvalue weighted by Gasteiger charge is -2.46. The molecule has 1 saturated carbocycles. The lowest BCUT2D eigenvalue weighted by molar-refractivity contribution is -0.0422. The number of likely N-dealkylation sites (tertiary alicyclic amines) is 1. The van der Waals surface area contributed by atoms with Crippen LogP contribution in [0.15, 0.2) is 30.3 Å². The summed E-state index contributed by atoms with van der Waals surface area (Å²) in [6.45, 7) is 1.27. The molecule has 1 heterocycles. The van der Waals surface area contributed by atoms with Gasteiger partial charge in [-0.3, -0.25) is 4.90 Å². The molecular formula is C19H29NO. The van der Waals surface area contributed by atoms with Crippen LogP contribution >= 0.6 is 0 Å². The number of nitrogens with zero attached hydrogens (tertiary/aromatic N) is 1. The van der Waals surface area contributed by atoms with Crippen LogP contribution in [-0.4, -0.2) is 36.7 Å². The van der Waals surface area contributed by atoms with E-state index in [0.29, 0.717) is 12.1 Å². The largest absolute Gasteiger partial charge is 0.380 e. The topological polar surface area (TPSA) is 12.5 Å². The van der Waals surface area contributed by atoms with Gasteiger partial charge in [0, 0.05) is 19.2 Å². The van der Waals surface area contributed by atoms with Crippen molar-refractivity contribution in [2.75, 3.05) is 13.7 Å². The minimum atomic E-state index is 0.404. The molecule has 1 aliphatic carbocycles. The molecule has 2 atom stereocenters. The highest BCUT2D eigenvalue weighted by atomic mass is 16.5. The molecule has 0 amide bonds. The maximum absolute atomic E-state index is 5.86. The summed E-state index contributed by atoms with van der Waals surface area (Å²) >= 11 is 0. The Balaban J connectivity index is 1.75. The Labute approximate surface area is 129 Å². The van der Waals surface area contributed by atoms with E-state index < -0.39 is 0 Å². The zero-order valence-electron chi connectivity index (χ0n) is 13.3. The highest BCUT2D eigenvalue weighted by molar-refractivity contribution is 5.17. The highest BCUT2D eigenvalue weighted by Crippen LogP contribution is 2.31. The Morgan fingerprint density at radius 1 is 1.00 bits per heavy atom. The first-order valence-electron chi connectivity index (χ1n) is 8.71. The molecule has 0 N–H and O–H groups in total. The second-order valence-electron chi connectivity index (χ2n) is 6.70. The van der Waals surface area contributed by atoms with Gasteiger partial charge in [0.1, 0.15) is 0 Å². The molecule has 2 heteroatoms. The second-order valence-corrected chi connectivity index (χ2v) is 6.70. The monoisotopic (exact) mass is 287 g/mol. The van der Waals surface area contributed by atoms with E-state index in [9.17, 15) is 0 Å². The third kappa shape index (κ3) is 3.67. The molecule has 1 aliphatic heterocycles. The molecule has 2 nitrogen and oxygen atoms in total. The van der Waals surface area contributed by atoms with E-state index in [1.165, 1.54) is 57.1 Å². The van der Waals surface area contributed by atoms with Gasteiger partial charge in [-0.2, -0.15) is 0 Å². The summed E-state index contributed by atoms with van der Waals surface area (Å²) < 4.78 is 5.86. The van der Waals surface area contributed by atoms with Crippen LogP contribution in [0.3, 0.4) is 0 Å². The Morgan fingerprint density at radius 3 is 2.48 bits per heavy atom. The molecule has 1 aromatic carbocycles. The van der Waals surface area contributed by atoms with Crippen molar-refractivity contribution in [3.8, 4) is 0 Å². The van der Waals surface area contributed by atoms with Crippen LogP contribution in [0.1, 0.15) is 50.5 Å². The SMILES string of the molecule is CO[C@H]1CCCN(C2CCCCC2)[C@H]1Cc1ccccc1. The van der Waals surface area contributed by atoms with Gasteiger partial charge in [-0.05, 0) is 44.2 Å². The normalized spacial score (nSPS) is 28.6. The summed E-state index contributed by atoms with van der Waals surface area (Å²) in [5.41, 5.74) is 1.45. The predicted octanol–water partition coefficient (Wildman–Crippen LogP) is 4.04. The van der Waals surface area contributed by atoms with Crippen molar-refractivity contribution < 1.29 is 4.74 Å². The first kappa shape index (κ1) is 15.1. The Hall–Kier alpha value is -0.860. The number of ether oxygens (including phenoxy) is 1. The standard InChI is InChI=1S/C19H29NO/c1-21-19-13-8-14-20(17-11-6-3-7-12-17)18(19)15-16-9-4-2-5-10-16/h2,4-5,9-10,17-19H,3,6-8,11-15H2,1H3/t18-,19-/m0/s1.